The van der Waals surface area contributed by atoms with Crippen LogP contribution in [0.1, 0.15) is 47.9 Å². The SMILES string of the molecule is CC(C)c1cc(C(=O)N2CC[C@](Cc3cccc(-c4ccncc4)c3)(C(=O)N(C)C)C2)n[nH]1. The molecule has 0 aliphatic carbocycles. The Hall–Kier alpha value is -3.48. The van der Waals surface area contributed by atoms with Gasteiger partial charge in [0.05, 0.1) is 5.41 Å². The number of aromatic amines is 1. The van der Waals surface area contributed by atoms with Crippen LogP contribution in [0.5, 0.6) is 0 Å². The van der Waals surface area contributed by atoms with Crippen LogP contribution < -0.4 is 0 Å². The van der Waals surface area contributed by atoms with E-state index in [1.807, 2.05) is 24.3 Å². The predicted octanol–water partition coefficient (Wildman–Crippen LogP) is 3.76. The van der Waals surface area contributed by atoms with Crippen molar-refractivity contribution in [3.05, 3.63) is 71.8 Å². The van der Waals surface area contributed by atoms with Crippen LogP contribution in [-0.4, -0.2) is 64.0 Å². The molecule has 0 spiro atoms. The maximum atomic E-state index is 13.4. The first-order valence-electron chi connectivity index (χ1n) is 11.3. The minimum atomic E-state index is -0.660. The number of amides is 2. The van der Waals surface area contributed by atoms with Crippen LogP contribution in [0.25, 0.3) is 11.1 Å². The summed E-state index contributed by atoms with van der Waals surface area (Å²) in [5.74, 6) is 0.189. The standard InChI is InChI=1S/C26H31N5O2/c1-18(2)22-15-23(29-28-22)24(32)31-13-10-26(17-31,25(33)30(3)4)16-19-6-5-7-21(14-19)20-8-11-27-12-9-20/h5-9,11-12,14-15,18H,10,13,16-17H2,1-4H3,(H,28,29)/t26-/m1/s1. The van der Waals surface area contributed by atoms with Crippen LogP contribution in [0.3, 0.4) is 0 Å². The number of rotatable bonds is 6. The number of benzene rings is 1. The van der Waals surface area contributed by atoms with E-state index in [0.717, 1.165) is 22.4 Å². The highest BCUT2D eigenvalue weighted by Gasteiger charge is 2.47. The Kier molecular flexibility index (Phi) is 6.31. The third-order valence-electron chi connectivity index (χ3n) is 6.42. The highest BCUT2D eigenvalue weighted by Crippen LogP contribution is 2.37. The van der Waals surface area contributed by atoms with Gasteiger partial charge in [0.25, 0.3) is 5.91 Å². The highest BCUT2D eigenvalue weighted by molar-refractivity contribution is 5.94. The van der Waals surface area contributed by atoms with Gasteiger partial charge < -0.3 is 9.80 Å². The fraction of sp³-hybridized carbons (Fsp3) is 0.385. The number of pyridine rings is 1. The third kappa shape index (κ3) is 4.67. The third-order valence-corrected chi connectivity index (χ3v) is 6.42. The molecule has 3 heterocycles. The van der Waals surface area contributed by atoms with Crippen LogP contribution in [0.15, 0.2) is 54.9 Å². The number of H-pyrrole nitrogens is 1. The maximum absolute atomic E-state index is 13.4. The number of carbonyl (C=O) groups is 2. The molecule has 0 saturated carbocycles. The van der Waals surface area contributed by atoms with Crippen molar-refractivity contribution >= 4 is 11.8 Å². The lowest BCUT2D eigenvalue weighted by Crippen LogP contribution is -2.44. The fourth-order valence-corrected chi connectivity index (χ4v) is 4.61. The summed E-state index contributed by atoms with van der Waals surface area (Å²) in [5, 5.41) is 7.18. The van der Waals surface area contributed by atoms with Crippen molar-refractivity contribution in [2.45, 2.75) is 32.6 Å². The van der Waals surface area contributed by atoms with E-state index in [1.165, 1.54) is 0 Å². The lowest BCUT2D eigenvalue weighted by atomic mass is 9.79. The van der Waals surface area contributed by atoms with Crippen molar-refractivity contribution in [3.63, 3.8) is 0 Å². The van der Waals surface area contributed by atoms with Gasteiger partial charge in [0.2, 0.25) is 5.91 Å². The van der Waals surface area contributed by atoms with Gasteiger partial charge in [-0.1, -0.05) is 38.1 Å². The second-order valence-electron chi connectivity index (χ2n) is 9.43. The summed E-state index contributed by atoms with van der Waals surface area (Å²) < 4.78 is 0. The van der Waals surface area contributed by atoms with Crippen molar-refractivity contribution in [2.24, 2.45) is 5.41 Å². The van der Waals surface area contributed by atoms with Gasteiger partial charge in [0, 0.05) is 45.3 Å². The molecule has 7 heteroatoms. The fourth-order valence-electron chi connectivity index (χ4n) is 4.61. The van der Waals surface area contributed by atoms with E-state index in [4.69, 9.17) is 0 Å². The molecule has 1 aromatic carbocycles. The summed E-state index contributed by atoms with van der Waals surface area (Å²) >= 11 is 0. The Labute approximate surface area is 194 Å². The number of nitrogens with zero attached hydrogens (tertiary/aromatic N) is 4. The van der Waals surface area contributed by atoms with Gasteiger partial charge in [0.1, 0.15) is 5.69 Å². The number of likely N-dealkylation sites (tertiary alicyclic amines) is 1. The second kappa shape index (κ2) is 9.17. The molecular formula is C26H31N5O2. The van der Waals surface area contributed by atoms with Crippen molar-refractivity contribution < 1.29 is 9.59 Å². The molecule has 3 aromatic rings. The van der Waals surface area contributed by atoms with Crippen molar-refractivity contribution in [2.75, 3.05) is 27.2 Å². The minimum Gasteiger partial charge on any atom is -0.348 e. The van der Waals surface area contributed by atoms with E-state index in [-0.39, 0.29) is 17.7 Å². The van der Waals surface area contributed by atoms with E-state index < -0.39 is 5.41 Å². The van der Waals surface area contributed by atoms with Crippen molar-refractivity contribution in [3.8, 4) is 11.1 Å². The van der Waals surface area contributed by atoms with E-state index >= 15 is 0 Å². The zero-order valence-electron chi connectivity index (χ0n) is 19.7. The van der Waals surface area contributed by atoms with Crippen LogP contribution in [0, 0.1) is 5.41 Å². The molecule has 2 amide bonds. The van der Waals surface area contributed by atoms with Crippen molar-refractivity contribution in [1.29, 1.82) is 0 Å². The summed E-state index contributed by atoms with van der Waals surface area (Å²) in [6.45, 7) is 5.02. The number of carbonyl (C=O) groups excluding carboxylic acids is 2. The molecule has 1 aliphatic heterocycles. The van der Waals surface area contributed by atoms with Crippen LogP contribution in [0.4, 0.5) is 0 Å². The molecule has 0 unspecified atom stereocenters. The molecular weight excluding hydrogens is 414 g/mol. The topological polar surface area (TPSA) is 82.2 Å². The average molecular weight is 446 g/mol. The number of nitrogens with one attached hydrogen (secondary N) is 1. The Morgan fingerprint density at radius 3 is 2.55 bits per heavy atom. The summed E-state index contributed by atoms with van der Waals surface area (Å²) in [6.07, 6.45) is 4.75. The molecule has 1 aliphatic rings. The second-order valence-corrected chi connectivity index (χ2v) is 9.43. The average Bonchev–Trinajstić information content (AvgIpc) is 3.48. The highest BCUT2D eigenvalue weighted by atomic mass is 16.2. The minimum absolute atomic E-state index is 0.0528. The largest absolute Gasteiger partial charge is 0.348 e. The predicted molar refractivity (Wildman–Crippen MR) is 128 cm³/mol. The van der Waals surface area contributed by atoms with Gasteiger partial charge >= 0.3 is 0 Å². The summed E-state index contributed by atoms with van der Waals surface area (Å²) in [6, 6.07) is 14.0. The number of aromatic nitrogens is 3. The molecule has 1 fully saturated rings. The Morgan fingerprint density at radius 2 is 1.88 bits per heavy atom. The molecule has 2 aromatic heterocycles. The molecule has 1 saturated heterocycles. The Bertz CT molecular complexity index is 1140. The zero-order valence-corrected chi connectivity index (χ0v) is 19.7. The van der Waals surface area contributed by atoms with E-state index in [1.54, 1.807) is 36.3 Å². The summed E-state index contributed by atoms with van der Waals surface area (Å²) in [7, 11) is 3.56. The first kappa shape index (κ1) is 22.7. The van der Waals surface area contributed by atoms with Crippen LogP contribution in [0.2, 0.25) is 0 Å². The molecule has 0 bridgehead atoms. The van der Waals surface area contributed by atoms with E-state index in [2.05, 4.69) is 47.2 Å². The molecule has 172 valence electrons. The van der Waals surface area contributed by atoms with Gasteiger partial charge in [-0.25, -0.2) is 0 Å². The summed E-state index contributed by atoms with van der Waals surface area (Å²) in [4.78, 5) is 34.1. The maximum Gasteiger partial charge on any atom is 0.274 e. The quantitative estimate of drug-likeness (QED) is 0.626. The van der Waals surface area contributed by atoms with Crippen LogP contribution >= 0.6 is 0 Å². The summed E-state index contributed by atoms with van der Waals surface area (Å²) in [5.41, 5.74) is 3.93. The Balaban J connectivity index is 1.59. The number of hydrogen-bond donors (Lipinski definition) is 1. The molecule has 0 radical (unpaired) electrons. The first-order chi connectivity index (χ1) is 15.8. The lowest BCUT2D eigenvalue weighted by Gasteiger charge is -2.31. The van der Waals surface area contributed by atoms with Gasteiger partial charge in [-0.2, -0.15) is 5.10 Å². The monoisotopic (exact) mass is 445 g/mol. The van der Waals surface area contributed by atoms with Gasteiger partial charge in [-0.15, -0.1) is 0 Å². The smallest absolute Gasteiger partial charge is 0.274 e. The Morgan fingerprint density at radius 1 is 1.12 bits per heavy atom. The van der Waals surface area contributed by atoms with E-state index in [0.29, 0.717) is 31.6 Å². The molecule has 33 heavy (non-hydrogen) atoms. The van der Waals surface area contributed by atoms with Crippen LogP contribution in [-0.2, 0) is 11.2 Å². The zero-order chi connectivity index (χ0) is 23.6. The lowest BCUT2D eigenvalue weighted by molar-refractivity contribution is -0.138. The van der Waals surface area contributed by atoms with Gasteiger partial charge in [0.15, 0.2) is 0 Å². The molecule has 4 rings (SSSR count). The van der Waals surface area contributed by atoms with E-state index in [9.17, 15) is 9.59 Å². The first-order valence-corrected chi connectivity index (χ1v) is 11.3. The van der Waals surface area contributed by atoms with Crippen molar-refractivity contribution in [1.82, 2.24) is 25.0 Å². The number of hydrogen-bond acceptors (Lipinski definition) is 4. The van der Waals surface area contributed by atoms with Gasteiger partial charge in [-0.3, -0.25) is 19.7 Å². The molecule has 7 nitrogen and oxygen atoms in total. The molecule has 1 N–H and O–H groups in total. The van der Waals surface area contributed by atoms with Gasteiger partial charge in [-0.05, 0) is 53.6 Å². The molecule has 1 atom stereocenters. The normalized spacial score (nSPS) is 18.0.